The average Bonchev–Trinajstić information content (AvgIpc) is 2.28. The number of benzene rings is 1. The third-order valence-electron chi connectivity index (χ3n) is 2.30. The number of hydrogen-bond acceptors (Lipinski definition) is 5. The molecule has 0 radical (unpaired) electrons. The number of primary amides is 1. The fraction of sp³-hybridized carbons (Fsp3) is 0.273. The van der Waals surface area contributed by atoms with Crippen molar-refractivity contribution >= 4 is 11.7 Å². The topological polar surface area (TPSA) is 127 Å². The summed E-state index contributed by atoms with van der Waals surface area (Å²) in [6.45, 7) is 0. The summed E-state index contributed by atoms with van der Waals surface area (Å²) in [6, 6.07) is 2.82. The summed E-state index contributed by atoms with van der Waals surface area (Å²) < 4.78 is 0. The highest BCUT2D eigenvalue weighted by Gasteiger charge is 2.17. The Labute approximate surface area is 97.8 Å². The number of nitrogens with two attached hydrogens (primary N) is 2. The Morgan fingerprint density at radius 2 is 1.88 bits per heavy atom. The van der Waals surface area contributed by atoms with Crippen LogP contribution in [0.4, 0.5) is 0 Å². The lowest BCUT2D eigenvalue weighted by Gasteiger charge is -2.09. The van der Waals surface area contributed by atoms with Crippen LogP contribution in [0.15, 0.2) is 18.2 Å². The molecule has 0 aliphatic carbocycles. The van der Waals surface area contributed by atoms with Gasteiger partial charge in [-0.2, -0.15) is 0 Å². The van der Waals surface area contributed by atoms with Crippen molar-refractivity contribution in [1.82, 2.24) is 0 Å². The number of carbonyl (C=O) groups is 2. The highest BCUT2D eigenvalue weighted by atomic mass is 16.3. The molecule has 0 fully saturated rings. The first-order chi connectivity index (χ1) is 7.91. The van der Waals surface area contributed by atoms with E-state index in [1.165, 1.54) is 12.1 Å². The molecule has 92 valence electrons. The number of hydrogen-bond donors (Lipinski definition) is 4. The summed E-state index contributed by atoms with van der Waals surface area (Å²) in [5.41, 5.74) is 10.7. The highest BCUT2D eigenvalue weighted by molar-refractivity contribution is 6.00. The van der Waals surface area contributed by atoms with Gasteiger partial charge in [-0.05, 0) is 24.6 Å². The zero-order chi connectivity index (χ0) is 13.0. The minimum Gasteiger partial charge on any atom is -0.504 e. The zero-order valence-electron chi connectivity index (χ0n) is 9.09. The van der Waals surface area contributed by atoms with Crippen molar-refractivity contribution in [1.29, 1.82) is 0 Å². The van der Waals surface area contributed by atoms with E-state index in [0.29, 0.717) is 0 Å². The van der Waals surface area contributed by atoms with Gasteiger partial charge in [-0.3, -0.25) is 9.59 Å². The molecule has 1 amide bonds. The van der Waals surface area contributed by atoms with Gasteiger partial charge in [-0.25, -0.2) is 0 Å². The Morgan fingerprint density at radius 1 is 1.24 bits per heavy atom. The Hall–Kier alpha value is -2.08. The first-order valence-electron chi connectivity index (χ1n) is 5.02. The number of aromatic hydroxyl groups is 2. The third-order valence-corrected chi connectivity index (χ3v) is 2.30. The average molecular weight is 238 g/mol. The molecule has 1 aromatic rings. The van der Waals surface area contributed by atoms with Gasteiger partial charge in [-0.1, -0.05) is 0 Å². The maximum absolute atomic E-state index is 11.8. The normalized spacial score (nSPS) is 12.1. The molecule has 1 aromatic carbocycles. The van der Waals surface area contributed by atoms with Crippen molar-refractivity contribution in [2.24, 2.45) is 11.5 Å². The van der Waals surface area contributed by atoms with Gasteiger partial charge >= 0.3 is 0 Å². The molecule has 0 saturated carbocycles. The van der Waals surface area contributed by atoms with E-state index in [4.69, 9.17) is 16.6 Å². The maximum Gasteiger partial charge on any atom is 0.217 e. The molecule has 6 N–H and O–H groups in total. The van der Waals surface area contributed by atoms with Gasteiger partial charge in [0.05, 0.1) is 6.04 Å². The van der Waals surface area contributed by atoms with Crippen molar-refractivity contribution in [3.63, 3.8) is 0 Å². The summed E-state index contributed by atoms with van der Waals surface area (Å²) in [4.78, 5) is 22.3. The molecular weight excluding hydrogens is 224 g/mol. The largest absolute Gasteiger partial charge is 0.504 e. The molecule has 0 aliphatic rings. The molecule has 0 bridgehead atoms. The van der Waals surface area contributed by atoms with Crippen molar-refractivity contribution in [3.05, 3.63) is 23.8 Å². The van der Waals surface area contributed by atoms with E-state index in [0.717, 1.165) is 6.07 Å². The van der Waals surface area contributed by atoms with E-state index in [9.17, 15) is 14.7 Å². The molecule has 0 spiro atoms. The van der Waals surface area contributed by atoms with Crippen molar-refractivity contribution in [2.45, 2.75) is 18.9 Å². The number of carbonyl (C=O) groups excluding carboxylic acids is 2. The van der Waals surface area contributed by atoms with E-state index in [-0.39, 0.29) is 24.2 Å². The quantitative estimate of drug-likeness (QED) is 0.420. The van der Waals surface area contributed by atoms with E-state index in [2.05, 4.69) is 0 Å². The Bertz CT molecular complexity index is 445. The standard InChI is InChI=1S/C11H14N2O4/c12-7(2-4-10(13)16)11(17)6-1-3-8(14)9(15)5-6/h1,3,5,7,14-15H,2,4,12H2,(H2,13,16)/t7-/m0/s1. The first kappa shape index (κ1) is 13.0. The monoisotopic (exact) mass is 238 g/mol. The Kier molecular flexibility index (Phi) is 4.06. The lowest BCUT2D eigenvalue weighted by atomic mass is 10.0. The second kappa shape index (κ2) is 5.31. The van der Waals surface area contributed by atoms with Gasteiger partial charge in [0, 0.05) is 12.0 Å². The summed E-state index contributed by atoms with van der Waals surface area (Å²) in [5, 5.41) is 18.3. The molecule has 17 heavy (non-hydrogen) atoms. The van der Waals surface area contributed by atoms with E-state index < -0.39 is 23.5 Å². The van der Waals surface area contributed by atoms with Gasteiger partial charge in [0.2, 0.25) is 5.91 Å². The molecule has 0 unspecified atom stereocenters. The van der Waals surface area contributed by atoms with Crippen LogP contribution in [0.3, 0.4) is 0 Å². The molecule has 6 nitrogen and oxygen atoms in total. The molecule has 0 aliphatic heterocycles. The van der Waals surface area contributed by atoms with Gasteiger partial charge in [-0.15, -0.1) is 0 Å². The van der Waals surface area contributed by atoms with Gasteiger partial charge in [0.1, 0.15) is 0 Å². The summed E-state index contributed by atoms with van der Waals surface area (Å²) in [6.07, 6.45) is 0.173. The van der Waals surface area contributed by atoms with Crippen LogP contribution < -0.4 is 11.5 Å². The molecule has 0 aromatic heterocycles. The van der Waals surface area contributed by atoms with Crippen molar-refractivity contribution in [3.8, 4) is 11.5 Å². The second-order valence-electron chi connectivity index (χ2n) is 3.68. The number of phenolic OH excluding ortho intramolecular Hbond substituents is 2. The molecule has 0 heterocycles. The van der Waals surface area contributed by atoms with E-state index in [1.807, 2.05) is 0 Å². The summed E-state index contributed by atoms with van der Waals surface area (Å²) >= 11 is 0. The van der Waals surface area contributed by atoms with Gasteiger partial charge in [0.15, 0.2) is 17.3 Å². The van der Waals surface area contributed by atoms with Gasteiger partial charge in [0.25, 0.3) is 0 Å². The van der Waals surface area contributed by atoms with Crippen LogP contribution in [0.2, 0.25) is 0 Å². The maximum atomic E-state index is 11.8. The SMILES string of the molecule is NC(=O)CC[C@H](N)C(=O)c1ccc(O)c(O)c1. The van der Waals surface area contributed by atoms with Crippen LogP contribution in [-0.2, 0) is 4.79 Å². The summed E-state index contributed by atoms with van der Waals surface area (Å²) in [5.74, 6) is -1.64. The van der Waals surface area contributed by atoms with Crippen molar-refractivity contribution < 1.29 is 19.8 Å². The fourth-order valence-electron chi connectivity index (χ4n) is 1.32. The van der Waals surface area contributed by atoms with Crippen LogP contribution in [0.5, 0.6) is 11.5 Å². The molecular formula is C11H14N2O4. The number of rotatable bonds is 5. The number of ketones is 1. The van der Waals surface area contributed by atoms with E-state index >= 15 is 0 Å². The second-order valence-corrected chi connectivity index (χ2v) is 3.68. The zero-order valence-corrected chi connectivity index (χ0v) is 9.09. The number of phenols is 2. The summed E-state index contributed by atoms with van der Waals surface area (Å²) in [7, 11) is 0. The predicted octanol–water partition coefficient (Wildman–Crippen LogP) is -0.127. The number of Topliss-reactive ketones (excluding diaryl/α,β-unsaturated/α-hetero) is 1. The number of amides is 1. The van der Waals surface area contributed by atoms with Crippen LogP contribution in [0, 0.1) is 0 Å². The van der Waals surface area contributed by atoms with E-state index in [1.54, 1.807) is 0 Å². The van der Waals surface area contributed by atoms with Crippen LogP contribution in [0.25, 0.3) is 0 Å². The van der Waals surface area contributed by atoms with Crippen LogP contribution >= 0.6 is 0 Å². The third kappa shape index (κ3) is 3.46. The minimum atomic E-state index is -0.855. The molecule has 1 rings (SSSR count). The predicted molar refractivity (Wildman–Crippen MR) is 60.5 cm³/mol. The Morgan fingerprint density at radius 3 is 2.41 bits per heavy atom. The minimum absolute atomic E-state index is 0.0248. The molecule has 0 saturated heterocycles. The van der Waals surface area contributed by atoms with Crippen LogP contribution in [-0.4, -0.2) is 27.9 Å². The fourth-order valence-corrected chi connectivity index (χ4v) is 1.32. The van der Waals surface area contributed by atoms with Crippen molar-refractivity contribution in [2.75, 3.05) is 0 Å². The lowest BCUT2D eigenvalue weighted by Crippen LogP contribution is -2.31. The lowest BCUT2D eigenvalue weighted by molar-refractivity contribution is -0.118. The molecule has 1 atom stereocenters. The van der Waals surface area contributed by atoms with Crippen LogP contribution in [0.1, 0.15) is 23.2 Å². The molecule has 6 heteroatoms. The Balaban J connectivity index is 2.74. The smallest absolute Gasteiger partial charge is 0.217 e. The highest BCUT2D eigenvalue weighted by Crippen LogP contribution is 2.25. The first-order valence-corrected chi connectivity index (χ1v) is 5.02. The van der Waals surface area contributed by atoms with Gasteiger partial charge < -0.3 is 21.7 Å².